The Bertz CT molecular complexity index is 172. The van der Waals surface area contributed by atoms with Crippen LogP contribution in [-0.4, -0.2) is 18.5 Å². The van der Waals surface area contributed by atoms with Gasteiger partial charge >= 0.3 is 8.60 Å². The van der Waals surface area contributed by atoms with Gasteiger partial charge in [0.1, 0.15) is 0 Å². The normalized spacial score (nSPS) is 12.9. The maximum atomic E-state index is 5.51. The highest BCUT2D eigenvalue weighted by molar-refractivity contribution is 9.09. The summed E-state index contributed by atoms with van der Waals surface area (Å²) >= 11 is 3.42. The van der Waals surface area contributed by atoms with E-state index in [9.17, 15) is 0 Å². The van der Waals surface area contributed by atoms with Gasteiger partial charge in [-0.3, -0.25) is 0 Å². The van der Waals surface area contributed by atoms with Crippen LogP contribution in [0.25, 0.3) is 0 Å². The van der Waals surface area contributed by atoms with Crippen LogP contribution in [0.5, 0.6) is 0 Å². The zero-order valence-electron chi connectivity index (χ0n) is 9.66. The maximum Gasteiger partial charge on any atom is 0.396 e. The standard InChI is InChI=1S/C10H20BrO3P/c1-5-12-15(13-6-2)14-10(4)7-9(3)8-11/h9H,4-8H2,1-3H3. The largest absolute Gasteiger partial charge is 0.432 e. The van der Waals surface area contributed by atoms with Crippen LogP contribution in [0, 0.1) is 5.92 Å². The third-order valence-electron chi connectivity index (χ3n) is 1.51. The Labute approximate surface area is 102 Å². The third kappa shape index (κ3) is 8.21. The van der Waals surface area contributed by atoms with Crippen molar-refractivity contribution in [2.24, 2.45) is 5.92 Å². The van der Waals surface area contributed by atoms with Gasteiger partial charge in [-0.05, 0) is 19.8 Å². The highest BCUT2D eigenvalue weighted by Gasteiger charge is 2.14. The molecular weight excluding hydrogens is 279 g/mol. The van der Waals surface area contributed by atoms with Gasteiger partial charge in [-0.25, -0.2) is 0 Å². The molecule has 5 heteroatoms. The van der Waals surface area contributed by atoms with Crippen molar-refractivity contribution in [2.45, 2.75) is 27.2 Å². The summed E-state index contributed by atoms with van der Waals surface area (Å²) in [4.78, 5) is 0. The molecule has 15 heavy (non-hydrogen) atoms. The van der Waals surface area contributed by atoms with Crippen molar-refractivity contribution >= 4 is 24.5 Å². The Morgan fingerprint density at radius 2 is 1.87 bits per heavy atom. The molecule has 1 atom stereocenters. The second-order valence-corrected chi connectivity index (χ2v) is 4.95. The summed E-state index contributed by atoms with van der Waals surface area (Å²) in [6.07, 6.45) is 0.824. The molecule has 0 rings (SSSR count). The average molecular weight is 299 g/mol. The number of alkyl halides is 1. The lowest BCUT2D eigenvalue weighted by atomic mass is 10.1. The van der Waals surface area contributed by atoms with E-state index in [1.54, 1.807) is 0 Å². The fourth-order valence-electron chi connectivity index (χ4n) is 0.887. The highest BCUT2D eigenvalue weighted by Crippen LogP contribution is 2.42. The molecule has 0 spiro atoms. The van der Waals surface area contributed by atoms with Crippen LogP contribution in [0.15, 0.2) is 12.3 Å². The van der Waals surface area contributed by atoms with Gasteiger partial charge in [-0.1, -0.05) is 29.4 Å². The fourth-order valence-corrected chi connectivity index (χ4v) is 2.00. The SMILES string of the molecule is C=C(CC(C)CBr)OP(OCC)OCC. The Hall–Kier alpha value is 0.370. The zero-order valence-corrected chi connectivity index (χ0v) is 12.1. The summed E-state index contributed by atoms with van der Waals surface area (Å²) in [6.45, 7) is 11.0. The second kappa shape index (κ2) is 9.59. The minimum absolute atomic E-state index is 0.512. The molecule has 0 amide bonds. The van der Waals surface area contributed by atoms with Crippen LogP contribution in [0.2, 0.25) is 0 Å². The van der Waals surface area contributed by atoms with Crippen molar-refractivity contribution in [3.8, 4) is 0 Å². The maximum absolute atomic E-state index is 5.51. The van der Waals surface area contributed by atoms with Gasteiger partial charge in [0, 0.05) is 11.8 Å². The lowest BCUT2D eigenvalue weighted by molar-refractivity contribution is 0.193. The van der Waals surface area contributed by atoms with Crippen LogP contribution in [0.1, 0.15) is 27.2 Å². The van der Waals surface area contributed by atoms with E-state index in [-0.39, 0.29) is 0 Å². The first-order valence-electron chi connectivity index (χ1n) is 5.11. The molecule has 0 aliphatic rings. The molecule has 0 heterocycles. The van der Waals surface area contributed by atoms with Gasteiger partial charge in [0.25, 0.3) is 0 Å². The first-order chi connectivity index (χ1) is 7.13. The summed E-state index contributed by atoms with van der Waals surface area (Å²) in [5.41, 5.74) is 0. The Morgan fingerprint density at radius 3 is 2.27 bits per heavy atom. The number of allylic oxidation sites excluding steroid dienone is 1. The summed E-state index contributed by atoms with van der Waals surface area (Å²) in [5, 5.41) is 0.941. The predicted molar refractivity (Wildman–Crippen MR) is 68.0 cm³/mol. The summed E-state index contributed by atoms with van der Waals surface area (Å²) in [6, 6.07) is 0. The molecule has 0 aromatic heterocycles. The van der Waals surface area contributed by atoms with E-state index in [0.29, 0.717) is 19.1 Å². The first-order valence-corrected chi connectivity index (χ1v) is 7.33. The molecule has 0 aliphatic carbocycles. The topological polar surface area (TPSA) is 27.7 Å². The van der Waals surface area contributed by atoms with Crippen molar-refractivity contribution in [3.05, 3.63) is 12.3 Å². The average Bonchev–Trinajstić information content (AvgIpc) is 2.18. The predicted octanol–water partition coefficient (Wildman–Crippen LogP) is 4.24. The molecule has 0 fully saturated rings. The lowest BCUT2D eigenvalue weighted by Gasteiger charge is -2.18. The second-order valence-electron chi connectivity index (χ2n) is 3.15. The molecule has 90 valence electrons. The number of halogens is 1. The summed E-state index contributed by atoms with van der Waals surface area (Å²) in [7, 11) is -1.25. The van der Waals surface area contributed by atoms with Crippen LogP contribution >= 0.6 is 24.5 Å². The number of hydrogen-bond donors (Lipinski definition) is 0. The van der Waals surface area contributed by atoms with Crippen LogP contribution in [0.3, 0.4) is 0 Å². The van der Waals surface area contributed by atoms with E-state index in [0.717, 1.165) is 17.5 Å². The van der Waals surface area contributed by atoms with Crippen molar-refractivity contribution in [1.82, 2.24) is 0 Å². The summed E-state index contributed by atoms with van der Waals surface area (Å²) < 4.78 is 16.1. The molecule has 0 aliphatic heterocycles. The van der Waals surface area contributed by atoms with Crippen molar-refractivity contribution in [1.29, 1.82) is 0 Å². The minimum Gasteiger partial charge on any atom is -0.432 e. The Kier molecular flexibility index (Phi) is 9.82. The van der Waals surface area contributed by atoms with Gasteiger partial charge in [-0.15, -0.1) is 0 Å². The van der Waals surface area contributed by atoms with Gasteiger partial charge in [0.05, 0.1) is 19.0 Å². The van der Waals surface area contributed by atoms with E-state index < -0.39 is 8.60 Å². The Balaban J connectivity index is 3.87. The van der Waals surface area contributed by atoms with E-state index in [2.05, 4.69) is 29.4 Å². The van der Waals surface area contributed by atoms with E-state index in [4.69, 9.17) is 13.6 Å². The van der Waals surface area contributed by atoms with E-state index in [1.165, 1.54) is 0 Å². The van der Waals surface area contributed by atoms with E-state index >= 15 is 0 Å². The monoisotopic (exact) mass is 298 g/mol. The molecule has 0 aromatic carbocycles. The van der Waals surface area contributed by atoms with Crippen molar-refractivity contribution < 1.29 is 13.6 Å². The first kappa shape index (κ1) is 15.4. The molecule has 0 saturated carbocycles. The molecule has 0 bridgehead atoms. The smallest absolute Gasteiger partial charge is 0.396 e. The minimum atomic E-state index is -1.25. The molecule has 0 radical (unpaired) electrons. The number of rotatable bonds is 9. The van der Waals surface area contributed by atoms with Crippen molar-refractivity contribution in [2.75, 3.05) is 18.5 Å². The van der Waals surface area contributed by atoms with Crippen LogP contribution in [0.4, 0.5) is 0 Å². The molecular formula is C10H20BrO3P. The zero-order chi connectivity index (χ0) is 11.7. The lowest BCUT2D eigenvalue weighted by Crippen LogP contribution is -2.01. The molecule has 0 aromatic rings. The number of hydrogen-bond acceptors (Lipinski definition) is 3. The highest BCUT2D eigenvalue weighted by atomic mass is 79.9. The molecule has 1 unspecified atom stereocenters. The van der Waals surface area contributed by atoms with Gasteiger partial charge in [-0.2, -0.15) is 0 Å². The molecule has 0 saturated heterocycles. The fraction of sp³-hybridized carbons (Fsp3) is 0.800. The van der Waals surface area contributed by atoms with Crippen LogP contribution < -0.4 is 0 Å². The van der Waals surface area contributed by atoms with Crippen molar-refractivity contribution in [3.63, 3.8) is 0 Å². The molecule has 3 nitrogen and oxygen atoms in total. The molecule has 0 N–H and O–H groups in total. The quantitative estimate of drug-likeness (QED) is 0.362. The van der Waals surface area contributed by atoms with E-state index in [1.807, 2.05) is 13.8 Å². The van der Waals surface area contributed by atoms with Gasteiger partial charge in [0.2, 0.25) is 0 Å². The third-order valence-corrected chi connectivity index (χ3v) is 3.96. The Morgan fingerprint density at radius 1 is 1.33 bits per heavy atom. The van der Waals surface area contributed by atoms with Gasteiger partial charge in [0.15, 0.2) is 0 Å². The van der Waals surface area contributed by atoms with Crippen LogP contribution in [-0.2, 0) is 13.6 Å². The van der Waals surface area contributed by atoms with Gasteiger partial charge < -0.3 is 13.6 Å². The summed E-state index contributed by atoms with van der Waals surface area (Å²) in [5.74, 6) is 1.24.